The van der Waals surface area contributed by atoms with Gasteiger partial charge in [0.15, 0.2) is 9.84 Å². The van der Waals surface area contributed by atoms with Crippen LogP contribution in [-0.2, 0) is 31.5 Å². The van der Waals surface area contributed by atoms with Gasteiger partial charge in [-0.25, -0.2) is 8.42 Å². The summed E-state index contributed by atoms with van der Waals surface area (Å²) in [6, 6.07) is 8.34. The van der Waals surface area contributed by atoms with E-state index in [9.17, 15) is 18.6 Å². The summed E-state index contributed by atoms with van der Waals surface area (Å²) < 4.78 is 28.6. The molecule has 0 spiro atoms. The number of phenolic OH excluding ortho intramolecular Hbond substituents is 2. The molecule has 0 saturated carbocycles. The van der Waals surface area contributed by atoms with Gasteiger partial charge in [0.05, 0.1) is 10.5 Å². The Morgan fingerprint density at radius 2 is 0.756 bits per heavy atom. The van der Waals surface area contributed by atoms with E-state index in [1.54, 1.807) is 0 Å². The van der Waals surface area contributed by atoms with Gasteiger partial charge in [-0.3, -0.25) is 0 Å². The molecule has 2 bridgehead atoms. The first-order valence-corrected chi connectivity index (χ1v) is 17.0. The number of hydrogen-bond acceptors (Lipinski definition) is 4. The van der Waals surface area contributed by atoms with Gasteiger partial charge in [0.25, 0.3) is 0 Å². The van der Waals surface area contributed by atoms with Gasteiger partial charge < -0.3 is 10.2 Å². The van der Waals surface area contributed by atoms with Crippen LogP contribution in [0.1, 0.15) is 154 Å². The van der Waals surface area contributed by atoms with Crippen molar-refractivity contribution in [3.63, 3.8) is 0 Å². The van der Waals surface area contributed by atoms with E-state index in [2.05, 4.69) is 107 Å². The summed E-state index contributed by atoms with van der Waals surface area (Å²) in [7, 11) is -3.40. The molecule has 2 heterocycles. The number of phenols is 2. The highest BCUT2D eigenvalue weighted by molar-refractivity contribution is 7.92. The zero-order chi connectivity index (χ0) is 31.1. The Bertz CT molecular complexity index is 1250. The van der Waals surface area contributed by atoms with Crippen molar-refractivity contribution in [2.75, 3.05) is 0 Å². The molecule has 2 aliphatic rings. The van der Waals surface area contributed by atoms with Crippen molar-refractivity contribution >= 4 is 9.84 Å². The molecule has 4 nitrogen and oxygen atoms in total. The zero-order valence-corrected chi connectivity index (χ0v) is 28.4. The standard InChI is InChI=1S/C36H54O4S/c1-33(2,3)25-17-21(18-26(31(25)37)34(4,5)6)23-13-15-30-24(14-16-29(23)41(30,39)40)22-19-27(35(7,8)9)32(38)28(20-22)36(10,11)12/h17-20,23-24,29-30,37-38H,13-16H2,1-12H3. The van der Waals surface area contributed by atoms with Gasteiger partial charge in [0.2, 0.25) is 0 Å². The van der Waals surface area contributed by atoms with E-state index >= 15 is 0 Å². The molecule has 0 radical (unpaired) electrons. The number of benzene rings is 2. The van der Waals surface area contributed by atoms with Crippen LogP contribution in [0.15, 0.2) is 24.3 Å². The third-order valence-corrected chi connectivity index (χ3v) is 12.4. The molecule has 2 N–H and O–H groups in total. The molecule has 5 heteroatoms. The molecule has 0 aliphatic carbocycles. The van der Waals surface area contributed by atoms with Crippen molar-refractivity contribution in [1.29, 1.82) is 0 Å². The predicted octanol–water partition coefficient (Wildman–Crippen LogP) is 8.89. The monoisotopic (exact) mass is 582 g/mol. The van der Waals surface area contributed by atoms with Crippen LogP contribution in [0, 0.1) is 0 Å². The van der Waals surface area contributed by atoms with E-state index in [-0.39, 0.29) is 33.5 Å². The molecule has 2 aliphatic heterocycles. The highest BCUT2D eigenvalue weighted by atomic mass is 32.2. The summed E-state index contributed by atoms with van der Waals surface area (Å²) in [5.74, 6) is 0.529. The van der Waals surface area contributed by atoms with Crippen LogP contribution in [0.4, 0.5) is 0 Å². The average Bonchev–Trinajstić information content (AvgIpc) is 2.76. The topological polar surface area (TPSA) is 74.6 Å². The Hall–Kier alpha value is -2.01. The molecule has 4 rings (SSSR count). The molecule has 41 heavy (non-hydrogen) atoms. The maximum atomic E-state index is 14.3. The Balaban J connectivity index is 1.79. The van der Waals surface area contributed by atoms with Gasteiger partial charge in [-0.1, -0.05) is 107 Å². The Kier molecular flexibility index (Phi) is 7.81. The molecule has 2 saturated heterocycles. The van der Waals surface area contributed by atoms with E-state index in [1.165, 1.54) is 0 Å². The van der Waals surface area contributed by atoms with Crippen LogP contribution in [0.25, 0.3) is 0 Å². The van der Waals surface area contributed by atoms with E-state index < -0.39 is 20.3 Å². The SMILES string of the molecule is CC(C)(C)c1cc(C2CCC3C(c4cc(C(C)(C)C)c(O)c(C(C)(C)C)c4)CCC2S3(=O)=O)cc(C(C)(C)C)c1O. The van der Waals surface area contributed by atoms with Crippen molar-refractivity contribution in [3.8, 4) is 11.5 Å². The fourth-order valence-corrected chi connectivity index (χ4v) is 10.1. The minimum Gasteiger partial charge on any atom is -0.507 e. The maximum absolute atomic E-state index is 14.3. The highest BCUT2D eigenvalue weighted by Gasteiger charge is 2.51. The van der Waals surface area contributed by atoms with Crippen LogP contribution in [-0.4, -0.2) is 29.1 Å². The zero-order valence-electron chi connectivity index (χ0n) is 27.6. The number of rotatable bonds is 2. The second-order valence-electron chi connectivity index (χ2n) is 17.0. The summed E-state index contributed by atoms with van der Waals surface area (Å²) in [6.45, 7) is 25.2. The molecule has 228 valence electrons. The first-order chi connectivity index (χ1) is 18.5. The minimum absolute atomic E-state index is 0.0740. The molecular formula is C36H54O4S. The predicted molar refractivity (Wildman–Crippen MR) is 171 cm³/mol. The molecule has 2 aromatic carbocycles. The summed E-state index contributed by atoms with van der Waals surface area (Å²) in [5, 5.41) is 21.7. The summed E-state index contributed by atoms with van der Waals surface area (Å²) in [6.07, 6.45) is 2.89. The summed E-state index contributed by atoms with van der Waals surface area (Å²) in [5.41, 5.74) is 4.62. The van der Waals surface area contributed by atoms with Crippen molar-refractivity contribution < 1.29 is 18.6 Å². The van der Waals surface area contributed by atoms with Gasteiger partial charge in [0, 0.05) is 11.8 Å². The first-order valence-electron chi connectivity index (χ1n) is 15.4. The number of sulfone groups is 1. The largest absolute Gasteiger partial charge is 0.507 e. The van der Waals surface area contributed by atoms with E-state index in [4.69, 9.17) is 0 Å². The second-order valence-corrected chi connectivity index (χ2v) is 19.4. The lowest BCUT2D eigenvalue weighted by molar-refractivity contribution is 0.365. The van der Waals surface area contributed by atoms with Gasteiger partial charge in [0.1, 0.15) is 11.5 Å². The Morgan fingerprint density at radius 3 is 0.976 bits per heavy atom. The van der Waals surface area contributed by atoms with Crippen molar-refractivity contribution in [1.82, 2.24) is 0 Å². The Labute approximate surface area is 249 Å². The number of hydrogen-bond donors (Lipinski definition) is 2. The van der Waals surface area contributed by atoms with E-state index in [1.807, 2.05) is 0 Å². The fraction of sp³-hybridized carbons (Fsp3) is 0.667. The van der Waals surface area contributed by atoms with Gasteiger partial charge >= 0.3 is 0 Å². The third-order valence-electron chi connectivity index (χ3n) is 9.62. The summed E-state index contributed by atoms with van der Waals surface area (Å²) >= 11 is 0. The second kappa shape index (κ2) is 10.0. The van der Waals surface area contributed by atoms with Crippen LogP contribution in [0.3, 0.4) is 0 Å². The van der Waals surface area contributed by atoms with Crippen LogP contribution < -0.4 is 0 Å². The normalized spacial score (nSPS) is 25.3. The molecule has 4 atom stereocenters. The van der Waals surface area contributed by atoms with Crippen molar-refractivity contribution in [3.05, 3.63) is 57.6 Å². The fourth-order valence-electron chi connectivity index (χ4n) is 7.26. The number of fused-ring (bicyclic) bond motifs is 2. The van der Waals surface area contributed by atoms with E-state index in [0.717, 1.165) is 46.2 Å². The Morgan fingerprint density at radius 1 is 0.512 bits per heavy atom. The first kappa shape index (κ1) is 31.9. The van der Waals surface area contributed by atoms with Crippen molar-refractivity contribution in [2.24, 2.45) is 0 Å². The van der Waals surface area contributed by atoms with Crippen LogP contribution >= 0.6 is 0 Å². The molecule has 0 aromatic heterocycles. The lowest BCUT2D eigenvalue weighted by Crippen LogP contribution is -2.48. The lowest BCUT2D eigenvalue weighted by Gasteiger charge is -2.45. The molecule has 4 unspecified atom stereocenters. The van der Waals surface area contributed by atoms with Gasteiger partial charge in [-0.15, -0.1) is 0 Å². The molecule has 2 fully saturated rings. The quantitative estimate of drug-likeness (QED) is 0.371. The molecular weight excluding hydrogens is 528 g/mol. The maximum Gasteiger partial charge on any atom is 0.157 e. The van der Waals surface area contributed by atoms with Crippen molar-refractivity contribution in [2.45, 2.75) is 153 Å². The highest BCUT2D eigenvalue weighted by Crippen LogP contribution is 2.53. The van der Waals surface area contributed by atoms with E-state index in [0.29, 0.717) is 24.3 Å². The summed E-state index contributed by atoms with van der Waals surface area (Å²) in [4.78, 5) is 0. The van der Waals surface area contributed by atoms with Crippen LogP contribution in [0.5, 0.6) is 11.5 Å². The molecule has 2 aromatic rings. The van der Waals surface area contributed by atoms with Gasteiger partial charge in [-0.05, 0) is 80.7 Å². The molecule has 0 amide bonds. The smallest absolute Gasteiger partial charge is 0.157 e. The minimum atomic E-state index is -3.40. The third kappa shape index (κ3) is 5.82. The van der Waals surface area contributed by atoms with Gasteiger partial charge in [-0.2, -0.15) is 0 Å². The number of aromatic hydroxyl groups is 2. The van der Waals surface area contributed by atoms with Crippen LogP contribution in [0.2, 0.25) is 0 Å². The average molecular weight is 583 g/mol. The lowest BCUT2D eigenvalue weighted by atomic mass is 9.73.